The number of hydrogen-bond donors (Lipinski definition) is 0. The minimum Gasteiger partial charge on any atom is -0.341 e. The smallest absolute Gasteiger partial charge is 0.232 e. The van der Waals surface area contributed by atoms with Gasteiger partial charge in [0, 0.05) is 28.5 Å². The monoisotopic (exact) mass is 409 g/mol. The molecular formula is C18H17BrFNO2S. The molecule has 0 saturated carbocycles. The van der Waals surface area contributed by atoms with Crippen molar-refractivity contribution < 1.29 is 14.0 Å². The highest BCUT2D eigenvalue weighted by atomic mass is 79.9. The van der Waals surface area contributed by atoms with Gasteiger partial charge in [-0.05, 0) is 30.7 Å². The Morgan fingerprint density at radius 3 is 2.54 bits per heavy atom. The molecule has 6 heteroatoms. The van der Waals surface area contributed by atoms with E-state index in [9.17, 15) is 14.0 Å². The molecular weight excluding hydrogens is 393 g/mol. The molecule has 0 aliphatic carbocycles. The molecule has 0 heterocycles. The third-order valence-corrected chi connectivity index (χ3v) is 5.29. The van der Waals surface area contributed by atoms with Crippen LogP contribution in [0.4, 0.5) is 4.39 Å². The largest absolute Gasteiger partial charge is 0.341 e. The third kappa shape index (κ3) is 4.92. The van der Waals surface area contributed by atoms with E-state index in [0.717, 1.165) is 21.8 Å². The van der Waals surface area contributed by atoms with Crippen molar-refractivity contribution in [1.29, 1.82) is 0 Å². The van der Waals surface area contributed by atoms with Crippen molar-refractivity contribution in [2.45, 2.75) is 18.4 Å². The van der Waals surface area contributed by atoms with Crippen LogP contribution in [-0.4, -0.2) is 29.4 Å². The third-order valence-electron chi connectivity index (χ3n) is 3.48. The summed E-state index contributed by atoms with van der Waals surface area (Å²) in [5.41, 5.74) is 1.34. The zero-order valence-corrected chi connectivity index (χ0v) is 15.8. The number of Topliss-reactive ketones (excluding diaryl/α,β-unsaturated/α-hetero) is 1. The quantitative estimate of drug-likeness (QED) is 0.518. The van der Waals surface area contributed by atoms with Crippen LogP contribution in [0.3, 0.4) is 0 Å². The normalized spacial score (nSPS) is 10.5. The molecule has 0 fully saturated rings. The minimum atomic E-state index is -0.478. The van der Waals surface area contributed by atoms with Gasteiger partial charge in [0.2, 0.25) is 5.91 Å². The number of benzene rings is 2. The average molecular weight is 410 g/mol. The van der Waals surface area contributed by atoms with E-state index >= 15 is 0 Å². The molecule has 0 atom stereocenters. The Morgan fingerprint density at radius 1 is 1.21 bits per heavy atom. The fourth-order valence-electron chi connectivity index (χ4n) is 2.06. The topological polar surface area (TPSA) is 37.4 Å². The Morgan fingerprint density at radius 2 is 1.92 bits per heavy atom. The first kappa shape index (κ1) is 18.7. The second-order valence-electron chi connectivity index (χ2n) is 5.33. The molecule has 0 saturated heterocycles. The Bertz CT molecular complexity index is 766. The van der Waals surface area contributed by atoms with Gasteiger partial charge in [0.15, 0.2) is 5.78 Å². The second-order valence-corrected chi connectivity index (χ2v) is 7.20. The number of thioether (sulfide) groups is 1. The summed E-state index contributed by atoms with van der Waals surface area (Å²) in [5, 5.41) is 0. The van der Waals surface area contributed by atoms with E-state index in [4.69, 9.17) is 0 Å². The highest BCUT2D eigenvalue weighted by molar-refractivity contribution is 9.10. The molecule has 126 valence electrons. The lowest BCUT2D eigenvalue weighted by molar-refractivity contribution is -0.127. The van der Waals surface area contributed by atoms with Crippen molar-refractivity contribution in [3.63, 3.8) is 0 Å². The molecule has 3 nitrogen and oxygen atoms in total. The van der Waals surface area contributed by atoms with Gasteiger partial charge >= 0.3 is 0 Å². The first-order valence-corrected chi connectivity index (χ1v) is 9.07. The van der Waals surface area contributed by atoms with Crippen molar-refractivity contribution in [3.8, 4) is 0 Å². The second kappa shape index (κ2) is 8.44. The first-order valence-electron chi connectivity index (χ1n) is 7.29. The molecule has 0 bridgehead atoms. The molecule has 0 radical (unpaired) electrons. The van der Waals surface area contributed by atoms with Crippen molar-refractivity contribution in [2.75, 3.05) is 12.8 Å². The number of ketones is 1. The van der Waals surface area contributed by atoms with Crippen LogP contribution in [0, 0.1) is 5.82 Å². The number of carbonyl (C=O) groups is 2. The van der Waals surface area contributed by atoms with Crippen LogP contribution in [0.25, 0.3) is 0 Å². The van der Waals surface area contributed by atoms with Gasteiger partial charge in [-0.2, -0.15) is 0 Å². The molecule has 0 unspecified atom stereocenters. The van der Waals surface area contributed by atoms with Crippen molar-refractivity contribution in [1.82, 2.24) is 4.90 Å². The standard InChI is InChI=1S/C18H17BrFNO2S/c1-12(22)13-7-8-17(16(20)9-13)24-11-18(23)21(2)10-14-5-3-4-6-15(14)19/h3-9H,10-11H2,1-2H3. The number of hydrogen-bond acceptors (Lipinski definition) is 3. The average Bonchev–Trinajstić information content (AvgIpc) is 2.55. The van der Waals surface area contributed by atoms with E-state index in [1.54, 1.807) is 18.0 Å². The van der Waals surface area contributed by atoms with E-state index in [1.165, 1.54) is 19.1 Å². The summed E-state index contributed by atoms with van der Waals surface area (Å²) >= 11 is 4.59. The molecule has 0 aliphatic rings. The summed E-state index contributed by atoms with van der Waals surface area (Å²) in [4.78, 5) is 25.4. The lowest BCUT2D eigenvalue weighted by atomic mass is 10.1. The molecule has 0 N–H and O–H groups in total. The number of halogens is 2. The van der Waals surface area contributed by atoms with Crippen LogP contribution in [-0.2, 0) is 11.3 Å². The van der Waals surface area contributed by atoms with E-state index in [2.05, 4.69) is 15.9 Å². The molecule has 2 rings (SSSR count). The number of amides is 1. The van der Waals surface area contributed by atoms with Crippen LogP contribution in [0.15, 0.2) is 51.8 Å². The fourth-order valence-corrected chi connectivity index (χ4v) is 3.33. The SMILES string of the molecule is CC(=O)c1ccc(SCC(=O)N(C)Cc2ccccc2Br)c(F)c1. The lowest BCUT2D eigenvalue weighted by Crippen LogP contribution is -2.27. The van der Waals surface area contributed by atoms with Crippen molar-refractivity contribution >= 4 is 39.4 Å². The van der Waals surface area contributed by atoms with Gasteiger partial charge in [-0.15, -0.1) is 11.8 Å². The zero-order chi connectivity index (χ0) is 17.7. The maximum Gasteiger partial charge on any atom is 0.232 e. The van der Waals surface area contributed by atoms with Gasteiger partial charge < -0.3 is 4.90 Å². The number of rotatable bonds is 6. The Kier molecular flexibility index (Phi) is 6.57. The molecule has 24 heavy (non-hydrogen) atoms. The lowest BCUT2D eigenvalue weighted by Gasteiger charge is -2.18. The summed E-state index contributed by atoms with van der Waals surface area (Å²) in [5.74, 6) is -0.619. The molecule has 0 aliphatic heterocycles. The van der Waals surface area contributed by atoms with E-state index in [1.807, 2.05) is 24.3 Å². The minimum absolute atomic E-state index is 0.0919. The zero-order valence-electron chi connectivity index (χ0n) is 13.4. The summed E-state index contributed by atoms with van der Waals surface area (Å²) in [6, 6.07) is 12.0. The van der Waals surface area contributed by atoms with Crippen LogP contribution in [0.2, 0.25) is 0 Å². The van der Waals surface area contributed by atoms with Gasteiger partial charge in [0.05, 0.1) is 5.75 Å². The van der Waals surface area contributed by atoms with E-state index in [0.29, 0.717) is 17.0 Å². The Balaban J connectivity index is 1.95. The summed E-state index contributed by atoms with van der Waals surface area (Å²) in [6.07, 6.45) is 0. The maximum atomic E-state index is 14.0. The highest BCUT2D eigenvalue weighted by Crippen LogP contribution is 2.24. The van der Waals surface area contributed by atoms with Gasteiger partial charge in [0.25, 0.3) is 0 Å². The maximum absolute atomic E-state index is 14.0. The van der Waals surface area contributed by atoms with Gasteiger partial charge in [-0.3, -0.25) is 9.59 Å². The fraction of sp³-hybridized carbons (Fsp3) is 0.222. The van der Waals surface area contributed by atoms with Crippen molar-refractivity contribution in [3.05, 3.63) is 63.9 Å². The molecule has 0 spiro atoms. The molecule has 2 aromatic rings. The van der Waals surface area contributed by atoms with Crippen LogP contribution in [0.5, 0.6) is 0 Å². The van der Waals surface area contributed by atoms with Crippen LogP contribution in [0.1, 0.15) is 22.8 Å². The van der Waals surface area contributed by atoms with Crippen LogP contribution < -0.4 is 0 Å². The first-order chi connectivity index (χ1) is 11.4. The van der Waals surface area contributed by atoms with E-state index < -0.39 is 5.82 Å². The summed E-state index contributed by atoms with van der Waals surface area (Å²) < 4.78 is 14.9. The highest BCUT2D eigenvalue weighted by Gasteiger charge is 2.13. The summed E-state index contributed by atoms with van der Waals surface area (Å²) in [6.45, 7) is 1.87. The van der Waals surface area contributed by atoms with Gasteiger partial charge in [-0.25, -0.2) is 4.39 Å². The Hall–Kier alpha value is -1.66. The van der Waals surface area contributed by atoms with Gasteiger partial charge in [-0.1, -0.05) is 40.2 Å². The molecule has 0 aromatic heterocycles. The number of carbonyl (C=O) groups excluding carboxylic acids is 2. The Labute approximate surface area is 153 Å². The molecule has 2 aromatic carbocycles. The predicted molar refractivity (Wildman–Crippen MR) is 97.7 cm³/mol. The van der Waals surface area contributed by atoms with Crippen LogP contribution >= 0.6 is 27.7 Å². The number of nitrogens with zero attached hydrogens (tertiary/aromatic N) is 1. The summed E-state index contributed by atoms with van der Waals surface area (Å²) in [7, 11) is 1.72. The van der Waals surface area contributed by atoms with Crippen molar-refractivity contribution in [2.24, 2.45) is 0 Å². The predicted octanol–water partition coefficient (Wildman–Crippen LogP) is 4.54. The van der Waals surface area contributed by atoms with Gasteiger partial charge in [0.1, 0.15) is 5.82 Å². The molecule has 1 amide bonds. The van der Waals surface area contributed by atoms with E-state index in [-0.39, 0.29) is 17.4 Å².